The van der Waals surface area contributed by atoms with Gasteiger partial charge in [-0.3, -0.25) is 4.79 Å². The van der Waals surface area contributed by atoms with Gasteiger partial charge in [-0.05, 0) is 37.8 Å². The molecular weight excluding hydrogens is 210 g/mol. The summed E-state index contributed by atoms with van der Waals surface area (Å²) in [5.41, 5.74) is 8.02. The lowest BCUT2D eigenvalue weighted by Crippen LogP contribution is -2.32. The van der Waals surface area contributed by atoms with Crippen molar-refractivity contribution in [1.29, 1.82) is 0 Å². The van der Waals surface area contributed by atoms with E-state index in [9.17, 15) is 4.79 Å². The van der Waals surface area contributed by atoms with Gasteiger partial charge in [0.2, 0.25) is 0 Å². The highest BCUT2D eigenvalue weighted by Crippen LogP contribution is 2.11. The summed E-state index contributed by atoms with van der Waals surface area (Å²) in [4.78, 5) is 11.8. The molecule has 1 rings (SSSR count). The van der Waals surface area contributed by atoms with Gasteiger partial charge in [0.1, 0.15) is 5.78 Å². The normalized spacial score (nSPS) is 11.5. The number of carbonyl (C=O) groups excluding carboxylic acids is 1. The van der Waals surface area contributed by atoms with E-state index in [2.05, 4.69) is 19.1 Å². The molecule has 0 aromatic heterocycles. The van der Waals surface area contributed by atoms with Crippen LogP contribution in [-0.2, 0) is 17.6 Å². The summed E-state index contributed by atoms with van der Waals surface area (Å²) in [6.45, 7) is 6.04. The van der Waals surface area contributed by atoms with Gasteiger partial charge in [0.25, 0.3) is 0 Å². The lowest BCUT2D eigenvalue weighted by atomic mass is 9.96. The van der Waals surface area contributed by atoms with Gasteiger partial charge in [-0.2, -0.15) is 0 Å². The van der Waals surface area contributed by atoms with E-state index in [1.165, 1.54) is 5.56 Å². The molecule has 0 aliphatic heterocycles. The zero-order valence-electron chi connectivity index (χ0n) is 11.1. The molecule has 0 saturated carbocycles. The number of ketones is 1. The predicted octanol–water partition coefficient (Wildman–Crippen LogP) is 2.88. The average molecular weight is 233 g/mol. The summed E-state index contributed by atoms with van der Waals surface area (Å²) in [5.74, 6) is 0.271. The Bertz CT molecular complexity index is 360. The van der Waals surface area contributed by atoms with Gasteiger partial charge in [-0.15, -0.1) is 0 Å². The van der Waals surface area contributed by atoms with Crippen LogP contribution < -0.4 is 5.73 Å². The molecule has 2 nitrogen and oxygen atoms in total. The first-order valence-corrected chi connectivity index (χ1v) is 6.29. The highest BCUT2D eigenvalue weighted by Gasteiger charge is 2.13. The van der Waals surface area contributed by atoms with E-state index in [0.717, 1.165) is 18.4 Å². The van der Waals surface area contributed by atoms with Crippen LogP contribution in [0.3, 0.4) is 0 Å². The Hall–Kier alpha value is -1.15. The highest BCUT2D eigenvalue weighted by molar-refractivity contribution is 5.80. The zero-order valence-corrected chi connectivity index (χ0v) is 11.1. The third-order valence-corrected chi connectivity index (χ3v) is 2.88. The minimum Gasteiger partial charge on any atom is -0.326 e. The van der Waals surface area contributed by atoms with Crippen LogP contribution in [0.4, 0.5) is 0 Å². The number of benzene rings is 1. The lowest BCUT2D eigenvalue weighted by Gasteiger charge is -2.17. The van der Waals surface area contributed by atoms with Crippen LogP contribution in [0.5, 0.6) is 0 Å². The Kier molecular flexibility index (Phi) is 4.88. The molecule has 1 aromatic carbocycles. The standard InChI is InChI=1S/C15H23NO/c1-4-12-5-7-13(8-6-12)11-14(17)9-10-15(2,3)16/h5-8H,4,9-11,16H2,1-3H3. The van der Waals surface area contributed by atoms with E-state index in [1.807, 2.05) is 26.0 Å². The molecule has 94 valence electrons. The summed E-state index contributed by atoms with van der Waals surface area (Å²) in [6, 6.07) is 8.28. The van der Waals surface area contributed by atoms with E-state index >= 15 is 0 Å². The molecule has 0 fully saturated rings. The zero-order chi connectivity index (χ0) is 12.9. The van der Waals surface area contributed by atoms with Crippen LogP contribution in [0, 0.1) is 0 Å². The summed E-state index contributed by atoms with van der Waals surface area (Å²) in [5, 5.41) is 0. The number of rotatable bonds is 6. The van der Waals surface area contributed by atoms with Crippen LogP contribution in [0.25, 0.3) is 0 Å². The molecule has 2 heteroatoms. The second-order valence-electron chi connectivity index (χ2n) is 5.37. The first kappa shape index (κ1) is 13.9. The third-order valence-electron chi connectivity index (χ3n) is 2.88. The Balaban J connectivity index is 2.45. The first-order chi connectivity index (χ1) is 7.90. The van der Waals surface area contributed by atoms with Crippen molar-refractivity contribution in [3.05, 3.63) is 35.4 Å². The number of nitrogens with two attached hydrogens (primary N) is 1. The minimum absolute atomic E-state index is 0.248. The molecule has 2 N–H and O–H groups in total. The van der Waals surface area contributed by atoms with E-state index in [-0.39, 0.29) is 11.3 Å². The summed E-state index contributed by atoms with van der Waals surface area (Å²) in [7, 11) is 0. The van der Waals surface area contributed by atoms with Gasteiger partial charge in [0.15, 0.2) is 0 Å². The lowest BCUT2D eigenvalue weighted by molar-refractivity contribution is -0.118. The molecule has 17 heavy (non-hydrogen) atoms. The SMILES string of the molecule is CCc1ccc(CC(=O)CCC(C)(C)N)cc1. The molecule has 0 spiro atoms. The Labute approximate surface area is 104 Å². The maximum Gasteiger partial charge on any atom is 0.137 e. The van der Waals surface area contributed by atoms with Crippen molar-refractivity contribution in [2.45, 2.75) is 52.0 Å². The number of hydrogen-bond acceptors (Lipinski definition) is 2. The van der Waals surface area contributed by atoms with Crippen molar-refractivity contribution in [3.8, 4) is 0 Å². The summed E-state index contributed by atoms with van der Waals surface area (Å²) in [6.07, 6.45) is 2.88. The van der Waals surface area contributed by atoms with Gasteiger partial charge in [-0.25, -0.2) is 0 Å². The average Bonchev–Trinajstić information content (AvgIpc) is 2.27. The Morgan fingerprint density at radius 3 is 2.18 bits per heavy atom. The Morgan fingerprint density at radius 1 is 1.18 bits per heavy atom. The van der Waals surface area contributed by atoms with Gasteiger partial charge in [0.05, 0.1) is 0 Å². The molecule has 0 radical (unpaired) electrons. The second-order valence-corrected chi connectivity index (χ2v) is 5.37. The molecule has 0 aliphatic carbocycles. The molecule has 0 bridgehead atoms. The van der Waals surface area contributed by atoms with Crippen LogP contribution in [0.1, 0.15) is 44.7 Å². The molecular formula is C15H23NO. The fraction of sp³-hybridized carbons (Fsp3) is 0.533. The highest BCUT2D eigenvalue weighted by atomic mass is 16.1. The first-order valence-electron chi connectivity index (χ1n) is 6.29. The van der Waals surface area contributed by atoms with E-state index in [1.54, 1.807) is 0 Å². The fourth-order valence-electron chi connectivity index (χ4n) is 1.67. The van der Waals surface area contributed by atoms with Crippen molar-refractivity contribution >= 4 is 5.78 Å². The largest absolute Gasteiger partial charge is 0.326 e. The summed E-state index contributed by atoms with van der Waals surface area (Å²) < 4.78 is 0. The molecule has 0 atom stereocenters. The number of Topliss-reactive ketones (excluding diaryl/α,β-unsaturated/α-hetero) is 1. The van der Waals surface area contributed by atoms with Crippen molar-refractivity contribution in [2.24, 2.45) is 5.73 Å². The predicted molar refractivity (Wildman–Crippen MR) is 72.0 cm³/mol. The van der Waals surface area contributed by atoms with Crippen LogP contribution in [0.2, 0.25) is 0 Å². The van der Waals surface area contributed by atoms with Gasteiger partial charge in [-0.1, -0.05) is 31.2 Å². The van der Waals surface area contributed by atoms with E-state index in [4.69, 9.17) is 5.73 Å². The smallest absolute Gasteiger partial charge is 0.137 e. The fourth-order valence-corrected chi connectivity index (χ4v) is 1.67. The van der Waals surface area contributed by atoms with Gasteiger partial charge >= 0.3 is 0 Å². The van der Waals surface area contributed by atoms with Gasteiger partial charge < -0.3 is 5.73 Å². The molecule has 0 heterocycles. The third kappa shape index (κ3) is 5.64. The maximum absolute atomic E-state index is 11.8. The maximum atomic E-state index is 11.8. The van der Waals surface area contributed by atoms with Crippen molar-refractivity contribution < 1.29 is 4.79 Å². The topological polar surface area (TPSA) is 43.1 Å². The van der Waals surface area contributed by atoms with Crippen LogP contribution >= 0.6 is 0 Å². The quantitative estimate of drug-likeness (QED) is 0.821. The van der Waals surface area contributed by atoms with Crippen molar-refractivity contribution in [2.75, 3.05) is 0 Å². The van der Waals surface area contributed by atoms with Crippen LogP contribution in [0.15, 0.2) is 24.3 Å². The molecule has 0 unspecified atom stereocenters. The van der Waals surface area contributed by atoms with Crippen LogP contribution in [-0.4, -0.2) is 11.3 Å². The number of hydrogen-bond donors (Lipinski definition) is 1. The van der Waals surface area contributed by atoms with Crippen molar-refractivity contribution in [3.63, 3.8) is 0 Å². The number of aryl methyl sites for hydroxylation is 1. The van der Waals surface area contributed by atoms with E-state index < -0.39 is 0 Å². The Morgan fingerprint density at radius 2 is 1.71 bits per heavy atom. The monoisotopic (exact) mass is 233 g/mol. The van der Waals surface area contributed by atoms with Crippen molar-refractivity contribution in [1.82, 2.24) is 0 Å². The second kappa shape index (κ2) is 5.97. The summed E-state index contributed by atoms with van der Waals surface area (Å²) >= 11 is 0. The molecule has 0 aliphatic rings. The number of carbonyl (C=O) groups is 1. The molecule has 0 saturated heterocycles. The van der Waals surface area contributed by atoms with E-state index in [0.29, 0.717) is 12.8 Å². The molecule has 1 aromatic rings. The minimum atomic E-state index is -0.248. The molecule has 0 amide bonds. The van der Waals surface area contributed by atoms with Gasteiger partial charge in [0, 0.05) is 18.4 Å².